The third-order valence-electron chi connectivity index (χ3n) is 2.90. The number of hydrogen-bond donors (Lipinski definition) is 3. The number of allylic oxidation sites excluding steroid dienone is 2. The van der Waals surface area contributed by atoms with Gasteiger partial charge < -0.3 is 16.4 Å². The van der Waals surface area contributed by atoms with Gasteiger partial charge in [-0.25, -0.2) is 4.98 Å². The summed E-state index contributed by atoms with van der Waals surface area (Å²) in [5.74, 6) is 0.844. The molecule has 1 heterocycles. The molecular formula is C16H24N4. The summed E-state index contributed by atoms with van der Waals surface area (Å²) < 4.78 is 0. The Kier molecular flexibility index (Phi) is 6.37. The smallest absolute Gasteiger partial charge is 0.126 e. The van der Waals surface area contributed by atoms with Gasteiger partial charge in [0.1, 0.15) is 5.82 Å². The summed E-state index contributed by atoms with van der Waals surface area (Å²) in [5.41, 5.74) is 7.73. The van der Waals surface area contributed by atoms with Crippen LogP contribution in [0.3, 0.4) is 0 Å². The molecule has 0 bridgehead atoms. The fourth-order valence-corrected chi connectivity index (χ4v) is 1.87. The first-order chi connectivity index (χ1) is 9.65. The average Bonchev–Trinajstić information content (AvgIpc) is 2.46. The van der Waals surface area contributed by atoms with Crippen molar-refractivity contribution in [2.75, 3.05) is 19.4 Å². The van der Waals surface area contributed by atoms with Gasteiger partial charge in [-0.05, 0) is 41.5 Å². The van der Waals surface area contributed by atoms with Crippen LogP contribution >= 0.6 is 0 Å². The topological polar surface area (TPSA) is 63.0 Å². The monoisotopic (exact) mass is 272 g/mol. The summed E-state index contributed by atoms with van der Waals surface area (Å²) in [6.45, 7) is 4.09. The van der Waals surface area contributed by atoms with Crippen LogP contribution in [0.4, 0.5) is 5.82 Å². The van der Waals surface area contributed by atoms with Crippen LogP contribution < -0.4 is 26.8 Å². The maximum absolute atomic E-state index is 6.04. The molecule has 1 rings (SSSR count). The zero-order valence-corrected chi connectivity index (χ0v) is 12.7. The number of pyridine rings is 1. The molecule has 0 fully saturated rings. The first kappa shape index (κ1) is 15.8. The molecule has 0 aromatic carbocycles. The molecule has 0 spiro atoms. The minimum atomic E-state index is 0.709. The van der Waals surface area contributed by atoms with E-state index in [9.17, 15) is 0 Å². The lowest BCUT2D eigenvalue weighted by atomic mass is 10.1. The van der Waals surface area contributed by atoms with Gasteiger partial charge in [0.15, 0.2) is 0 Å². The molecule has 0 atom stereocenters. The Bertz CT molecular complexity index is 612. The van der Waals surface area contributed by atoms with Crippen LogP contribution in [0.25, 0.3) is 12.2 Å². The van der Waals surface area contributed by atoms with Gasteiger partial charge in [0.05, 0.1) is 5.70 Å². The van der Waals surface area contributed by atoms with E-state index < -0.39 is 0 Å². The molecule has 4 heteroatoms. The van der Waals surface area contributed by atoms with Gasteiger partial charge in [0, 0.05) is 26.5 Å². The molecule has 4 nitrogen and oxygen atoms in total. The molecule has 20 heavy (non-hydrogen) atoms. The van der Waals surface area contributed by atoms with Crippen LogP contribution in [0.2, 0.25) is 0 Å². The normalized spacial score (nSPS) is 14.6. The minimum Gasteiger partial charge on any atom is -0.397 e. The molecule has 0 aliphatic heterocycles. The third kappa shape index (κ3) is 4.16. The van der Waals surface area contributed by atoms with E-state index in [-0.39, 0.29) is 0 Å². The average molecular weight is 272 g/mol. The highest BCUT2D eigenvalue weighted by Crippen LogP contribution is 2.04. The Morgan fingerprint density at radius 2 is 2.10 bits per heavy atom. The van der Waals surface area contributed by atoms with Crippen LogP contribution in [-0.2, 0) is 0 Å². The largest absolute Gasteiger partial charge is 0.397 e. The van der Waals surface area contributed by atoms with E-state index in [2.05, 4.69) is 34.7 Å². The lowest BCUT2D eigenvalue weighted by Gasteiger charge is -2.04. The lowest BCUT2D eigenvalue weighted by molar-refractivity contribution is 1.07. The van der Waals surface area contributed by atoms with Crippen molar-refractivity contribution in [3.05, 3.63) is 46.2 Å². The van der Waals surface area contributed by atoms with E-state index in [1.807, 2.05) is 39.4 Å². The SMILES string of the molecule is C/C=C(\C=c1\cc(NC)nc\c1=C/CC)C(/N)=C/NC. The molecule has 0 saturated carbocycles. The van der Waals surface area contributed by atoms with Gasteiger partial charge in [0.2, 0.25) is 0 Å². The number of aromatic nitrogens is 1. The molecule has 0 amide bonds. The zero-order chi connectivity index (χ0) is 15.0. The van der Waals surface area contributed by atoms with Crippen LogP contribution in [0.15, 0.2) is 35.8 Å². The van der Waals surface area contributed by atoms with Gasteiger partial charge >= 0.3 is 0 Å². The summed E-state index contributed by atoms with van der Waals surface area (Å²) in [5, 5.41) is 8.23. The number of nitrogens with zero attached hydrogens (tertiary/aromatic N) is 1. The fourth-order valence-electron chi connectivity index (χ4n) is 1.87. The molecule has 0 unspecified atom stereocenters. The van der Waals surface area contributed by atoms with Crippen LogP contribution in [0, 0.1) is 0 Å². The second-order valence-electron chi connectivity index (χ2n) is 4.34. The van der Waals surface area contributed by atoms with Crippen molar-refractivity contribution in [2.45, 2.75) is 20.3 Å². The molecule has 1 aromatic rings. The maximum Gasteiger partial charge on any atom is 0.126 e. The standard InChI is InChI=1S/C16H24N4/c1-5-7-13-10-20-16(19-4)9-14(13)8-12(6-2)15(17)11-18-3/h6-11,18-19H,5,17H2,1-4H3/b12-6+,13-7+,14-8-,15-11-. The third-order valence-corrected chi connectivity index (χ3v) is 2.90. The molecule has 4 N–H and O–H groups in total. The van der Waals surface area contributed by atoms with Gasteiger partial charge in [-0.2, -0.15) is 0 Å². The number of nitrogens with two attached hydrogens (primary N) is 1. The molecule has 0 aliphatic carbocycles. The predicted octanol–water partition coefficient (Wildman–Crippen LogP) is 1.06. The maximum atomic E-state index is 6.04. The van der Waals surface area contributed by atoms with Crippen LogP contribution in [0.5, 0.6) is 0 Å². The first-order valence-electron chi connectivity index (χ1n) is 6.81. The number of rotatable bonds is 5. The Balaban J connectivity index is 3.46. The van der Waals surface area contributed by atoms with Crippen LogP contribution in [0.1, 0.15) is 20.3 Å². The van der Waals surface area contributed by atoms with Crippen molar-refractivity contribution in [3.8, 4) is 0 Å². The number of anilines is 1. The molecule has 0 aliphatic rings. The van der Waals surface area contributed by atoms with Crippen molar-refractivity contribution >= 4 is 18.0 Å². The second-order valence-corrected chi connectivity index (χ2v) is 4.34. The van der Waals surface area contributed by atoms with E-state index >= 15 is 0 Å². The van der Waals surface area contributed by atoms with E-state index in [1.165, 1.54) is 0 Å². The molecular weight excluding hydrogens is 248 g/mol. The molecule has 1 aromatic heterocycles. The van der Waals surface area contributed by atoms with Gasteiger partial charge in [-0.1, -0.05) is 19.1 Å². The molecule has 108 valence electrons. The minimum absolute atomic E-state index is 0.709. The number of hydrogen-bond acceptors (Lipinski definition) is 4. The summed E-state index contributed by atoms with van der Waals surface area (Å²) in [6.07, 6.45) is 10.9. The zero-order valence-electron chi connectivity index (χ0n) is 12.7. The van der Waals surface area contributed by atoms with Crippen LogP contribution in [-0.4, -0.2) is 19.1 Å². The summed E-state index contributed by atoms with van der Waals surface area (Å²) >= 11 is 0. The van der Waals surface area contributed by atoms with Crippen molar-refractivity contribution in [1.29, 1.82) is 0 Å². The summed E-state index contributed by atoms with van der Waals surface area (Å²) in [4.78, 5) is 4.35. The van der Waals surface area contributed by atoms with Crippen molar-refractivity contribution in [3.63, 3.8) is 0 Å². The Labute approximate surface area is 120 Å². The lowest BCUT2D eigenvalue weighted by Crippen LogP contribution is -2.26. The summed E-state index contributed by atoms with van der Waals surface area (Å²) in [7, 11) is 3.70. The highest BCUT2D eigenvalue weighted by Gasteiger charge is 1.97. The van der Waals surface area contributed by atoms with Crippen molar-refractivity contribution in [1.82, 2.24) is 10.3 Å². The van der Waals surface area contributed by atoms with Gasteiger partial charge in [-0.3, -0.25) is 0 Å². The van der Waals surface area contributed by atoms with Gasteiger partial charge in [-0.15, -0.1) is 0 Å². The highest BCUT2D eigenvalue weighted by atomic mass is 14.9. The van der Waals surface area contributed by atoms with Crippen molar-refractivity contribution in [2.24, 2.45) is 5.73 Å². The highest BCUT2D eigenvalue weighted by molar-refractivity contribution is 5.58. The Morgan fingerprint density at radius 3 is 2.65 bits per heavy atom. The van der Waals surface area contributed by atoms with E-state index in [0.29, 0.717) is 5.70 Å². The van der Waals surface area contributed by atoms with E-state index in [0.717, 1.165) is 28.2 Å². The van der Waals surface area contributed by atoms with E-state index in [1.54, 1.807) is 6.20 Å². The predicted molar refractivity (Wildman–Crippen MR) is 87.3 cm³/mol. The van der Waals surface area contributed by atoms with Crippen molar-refractivity contribution < 1.29 is 0 Å². The Hall–Kier alpha value is -2.23. The first-order valence-corrected chi connectivity index (χ1v) is 6.81. The van der Waals surface area contributed by atoms with E-state index in [4.69, 9.17) is 5.73 Å². The molecule has 0 saturated heterocycles. The van der Waals surface area contributed by atoms with Gasteiger partial charge in [0.25, 0.3) is 0 Å². The Morgan fingerprint density at radius 1 is 1.35 bits per heavy atom. The quantitative estimate of drug-likeness (QED) is 0.701. The molecule has 0 radical (unpaired) electrons. The fraction of sp³-hybridized carbons (Fsp3) is 0.312. The summed E-state index contributed by atoms with van der Waals surface area (Å²) in [6, 6.07) is 2.03. The number of nitrogens with one attached hydrogen (secondary N) is 2. The second kappa shape index (κ2) is 8.04.